The minimum absolute atomic E-state index is 0.123. The van der Waals surface area contributed by atoms with E-state index in [-0.39, 0.29) is 6.04 Å². The van der Waals surface area contributed by atoms with Gasteiger partial charge < -0.3 is 15.8 Å². The number of nitrogens with one attached hydrogen (secondary N) is 1. The summed E-state index contributed by atoms with van der Waals surface area (Å²) in [6.07, 6.45) is 0. The Hall–Kier alpha value is -1.75. The highest BCUT2D eigenvalue weighted by atomic mass is 32.1. The number of anilines is 2. The molecule has 1 heterocycles. The van der Waals surface area contributed by atoms with E-state index in [0.29, 0.717) is 12.3 Å². The first-order chi connectivity index (χ1) is 9.11. The van der Waals surface area contributed by atoms with Crippen LogP contribution in [0.1, 0.15) is 30.6 Å². The fourth-order valence-electron chi connectivity index (χ4n) is 1.82. The van der Waals surface area contributed by atoms with Crippen molar-refractivity contribution in [2.24, 2.45) is 0 Å². The predicted octanol–water partition coefficient (Wildman–Crippen LogP) is 3.61. The van der Waals surface area contributed by atoms with Gasteiger partial charge in [0.25, 0.3) is 0 Å². The maximum atomic E-state index is 6.10. The van der Waals surface area contributed by atoms with Crippen molar-refractivity contribution in [2.75, 3.05) is 17.7 Å². The molecule has 0 aliphatic heterocycles. The van der Waals surface area contributed by atoms with Crippen LogP contribution >= 0.6 is 11.3 Å². The SMILES string of the molecule is CCOc1cccc(NC(C)c2nc(C)cs2)c1N. The van der Waals surface area contributed by atoms with E-state index in [1.807, 2.05) is 37.4 Å². The molecule has 0 fully saturated rings. The number of hydrogen-bond acceptors (Lipinski definition) is 5. The summed E-state index contributed by atoms with van der Waals surface area (Å²) in [6, 6.07) is 5.89. The number of para-hydroxylation sites is 1. The number of thiazole rings is 1. The first kappa shape index (κ1) is 13.7. The van der Waals surface area contributed by atoms with Gasteiger partial charge in [-0.05, 0) is 32.9 Å². The van der Waals surface area contributed by atoms with Gasteiger partial charge in [-0.25, -0.2) is 4.98 Å². The van der Waals surface area contributed by atoms with Gasteiger partial charge in [0.15, 0.2) is 0 Å². The Morgan fingerprint density at radius 2 is 2.26 bits per heavy atom. The van der Waals surface area contributed by atoms with Crippen LogP contribution in [0.2, 0.25) is 0 Å². The molecule has 3 N–H and O–H groups in total. The zero-order chi connectivity index (χ0) is 13.8. The second-order valence-corrected chi connectivity index (χ2v) is 5.23. The Bertz CT molecular complexity index is 553. The Balaban J connectivity index is 2.16. The molecular weight excluding hydrogens is 258 g/mol. The van der Waals surface area contributed by atoms with Gasteiger partial charge in [0.05, 0.1) is 24.0 Å². The van der Waals surface area contributed by atoms with Crippen LogP contribution in [0.25, 0.3) is 0 Å². The summed E-state index contributed by atoms with van der Waals surface area (Å²) in [6.45, 7) is 6.62. The summed E-state index contributed by atoms with van der Waals surface area (Å²) in [4.78, 5) is 4.48. The lowest BCUT2D eigenvalue weighted by Gasteiger charge is -2.16. The number of benzene rings is 1. The summed E-state index contributed by atoms with van der Waals surface area (Å²) in [5.41, 5.74) is 8.67. The normalized spacial score (nSPS) is 12.2. The highest BCUT2D eigenvalue weighted by Gasteiger charge is 2.12. The van der Waals surface area contributed by atoms with Gasteiger partial charge in [-0.3, -0.25) is 0 Å². The van der Waals surface area contributed by atoms with Crippen LogP contribution in [0.15, 0.2) is 23.6 Å². The van der Waals surface area contributed by atoms with E-state index in [0.717, 1.165) is 22.1 Å². The second-order valence-electron chi connectivity index (χ2n) is 4.34. The van der Waals surface area contributed by atoms with Crippen molar-refractivity contribution in [3.05, 3.63) is 34.3 Å². The third kappa shape index (κ3) is 3.17. The standard InChI is InChI=1S/C14H19N3OS/c1-4-18-12-7-5-6-11(13(12)15)17-10(3)14-16-9(2)8-19-14/h5-8,10,17H,4,15H2,1-3H3. The molecule has 0 aliphatic rings. The molecule has 0 radical (unpaired) electrons. The molecule has 102 valence electrons. The van der Waals surface area contributed by atoms with Crippen LogP contribution in [0, 0.1) is 6.92 Å². The molecule has 19 heavy (non-hydrogen) atoms. The molecule has 1 unspecified atom stereocenters. The Morgan fingerprint density at radius 3 is 2.89 bits per heavy atom. The van der Waals surface area contributed by atoms with Crippen molar-refractivity contribution in [2.45, 2.75) is 26.8 Å². The molecule has 0 spiro atoms. The summed E-state index contributed by atoms with van der Waals surface area (Å²) >= 11 is 1.65. The van der Waals surface area contributed by atoms with Gasteiger partial charge in [-0.2, -0.15) is 0 Å². The fraction of sp³-hybridized carbons (Fsp3) is 0.357. The maximum absolute atomic E-state index is 6.10. The van der Waals surface area contributed by atoms with E-state index in [1.54, 1.807) is 11.3 Å². The van der Waals surface area contributed by atoms with Crippen LogP contribution in [0.5, 0.6) is 5.75 Å². The van der Waals surface area contributed by atoms with E-state index in [1.165, 1.54) is 0 Å². The fourth-order valence-corrected chi connectivity index (χ4v) is 2.62. The molecule has 4 nitrogen and oxygen atoms in total. The molecule has 0 saturated carbocycles. The van der Waals surface area contributed by atoms with E-state index < -0.39 is 0 Å². The quantitative estimate of drug-likeness (QED) is 0.820. The highest BCUT2D eigenvalue weighted by molar-refractivity contribution is 7.09. The van der Waals surface area contributed by atoms with Gasteiger partial charge in [0.2, 0.25) is 0 Å². The van der Waals surface area contributed by atoms with Crippen molar-refractivity contribution >= 4 is 22.7 Å². The van der Waals surface area contributed by atoms with E-state index in [2.05, 4.69) is 17.2 Å². The second kappa shape index (κ2) is 5.93. The van der Waals surface area contributed by atoms with Gasteiger partial charge in [-0.1, -0.05) is 6.07 Å². The number of hydrogen-bond donors (Lipinski definition) is 2. The average molecular weight is 277 g/mol. The lowest BCUT2D eigenvalue weighted by Crippen LogP contribution is -2.09. The van der Waals surface area contributed by atoms with Crippen molar-refractivity contribution in [3.63, 3.8) is 0 Å². The minimum atomic E-state index is 0.123. The molecule has 0 amide bonds. The molecule has 1 atom stereocenters. The molecule has 2 aromatic rings. The largest absolute Gasteiger partial charge is 0.492 e. The molecule has 0 bridgehead atoms. The number of nitrogens with zero attached hydrogens (tertiary/aromatic N) is 1. The van der Waals surface area contributed by atoms with Crippen LogP contribution < -0.4 is 15.8 Å². The summed E-state index contributed by atoms with van der Waals surface area (Å²) in [5.74, 6) is 0.718. The summed E-state index contributed by atoms with van der Waals surface area (Å²) in [5, 5.41) is 6.48. The highest BCUT2D eigenvalue weighted by Crippen LogP contribution is 2.32. The van der Waals surface area contributed by atoms with Crippen LogP contribution in [0.4, 0.5) is 11.4 Å². The molecule has 0 saturated heterocycles. The number of nitrogen functional groups attached to an aromatic ring is 1. The number of rotatable bonds is 5. The van der Waals surface area contributed by atoms with Crippen LogP contribution in [-0.4, -0.2) is 11.6 Å². The molecule has 0 aliphatic carbocycles. The van der Waals surface area contributed by atoms with E-state index >= 15 is 0 Å². The number of ether oxygens (including phenoxy) is 1. The lowest BCUT2D eigenvalue weighted by molar-refractivity contribution is 0.342. The van der Waals surface area contributed by atoms with Crippen LogP contribution in [0.3, 0.4) is 0 Å². The Labute approximate surface area is 117 Å². The van der Waals surface area contributed by atoms with E-state index in [9.17, 15) is 0 Å². The molecular formula is C14H19N3OS. The molecule has 1 aromatic heterocycles. The first-order valence-corrected chi connectivity index (χ1v) is 7.19. The average Bonchev–Trinajstić information content (AvgIpc) is 2.81. The van der Waals surface area contributed by atoms with Crippen molar-refractivity contribution < 1.29 is 4.74 Å². The monoisotopic (exact) mass is 277 g/mol. The van der Waals surface area contributed by atoms with Crippen molar-refractivity contribution in [3.8, 4) is 5.75 Å². The third-order valence-corrected chi connectivity index (χ3v) is 3.89. The third-order valence-electron chi connectivity index (χ3n) is 2.75. The zero-order valence-electron chi connectivity index (χ0n) is 11.4. The van der Waals surface area contributed by atoms with Crippen molar-refractivity contribution in [1.29, 1.82) is 0 Å². The predicted molar refractivity (Wildman–Crippen MR) is 80.9 cm³/mol. The molecule has 2 rings (SSSR count). The van der Waals surface area contributed by atoms with Gasteiger partial charge in [0, 0.05) is 11.1 Å². The smallest absolute Gasteiger partial charge is 0.144 e. The Morgan fingerprint density at radius 1 is 1.47 bits per heavy atom. The number of nitrogens with two attached hydrogens (primary N) is 1. The number of aryl methyl sites for hydroxylation is 1. The lowest BCUT2D eigenvalue weighted by atomic mass is 10.2. The first-order valence-electron chi connectivity index (χ1n) is 6.31. The number of aromatic nitrogens is 1. The van der Waals surface area contributed by atoms with Gasteiger partial charge >= 0.3 is 0 Å². The maximum Gasteiger partial charge on any atom is 0.144 e. The topological polar surface area (TPSA) is 60.2 Å². The van der Waals surface area contributed by atoms with E-state index in [4.69, 9.17) is 10.5 Å². The molecule has 5 heteroatoms. The van der Waals surface area contributed by atoms with Crippen LogP contribution in [-0.2, 0) is 0 Å². The summed E-state index contributed by atoms with van der Waals surface area (Å²) < 4.78 is 5.49. The van der Waals surface area contributed by atoms with Crippen molar-refractivity contribution in [1.82, 2.24) is 4.98 Å². The zero-order valence-corrected chi connectivity index (χ0v) is 12.3. The minimum Gasteiger partial charge on any atom is -0.492 e. The van der Waals surface area contributed by atoms with Gasteiger partial charge in [-0.15, -0.1) is 11.3 Å². The summed E-state index contributed by atoms with van der Waals surface area (Å²) in [7, 11) is 0. The van der Waals surface area contributed by atoms with Gasteiger partial charge in [0.1, 0.15) is 10.8 Å². The Kier molecular flexibility index (Phi) is 4.27. The molecule has 1 aromatic carbocycles.